The van der Waals surface area contributed by atoms with Crippen LogP contribution in [0.1, 0.15) is 22.8 Å². The third-order valence-corrected chi connectivity index (χ3v) is 2.44. The number of ether oxygens (including phenoxy) is 1. The highest BCUT2D eigenvalue weighted by molar-refractivity contribution is 5.95. The van der Waals surface area contributed by atoms with Crippen molar-refractivity contribution in [3.63, 3.8) is 0 Å². The van der Waals surface area contributed by atoms with Crippen LogP contribution in [-0.2, 0) is 4.74 Å². The minimum atomic E-state index is -0.411. The van der Waals surface area contributed by atoms with Crippen LogP contribution in [0.3, 0.4) is 0 Å². The number of carbonyl (C=O) groups excluding carboxylic acids is 1. The van der Waals surface area contributed by atoms with Crippen LogP contribution in [0.4, 0.5) is 0 Å². The number of nitriles is 1. The van der Waals surface area contributed by atoms with Gasteiger partial charge in [-0.3, -0.25) is 0 Å². The van der Waals surface area contributed by atoms with E-state index >= 15 is 0 Å². The smallest absolute Gasteiger partial charge is 0.342 e. The Hall–Kier alpha value is -2.54. The molecule has 0 unspecified atom stereocenters. The molecule has 1 aromatic carbocycles. The van der Waals surface area contributed by atoms with Crippen molar-refractivity contribution >= 4 is 5.97 Å². The number of rotatable bonds is 3. The summed E-state index contributed by atoms with van der Waals surface area (Å²) < 4.78 is 10.2. The van der Waals surface area contributed by atoms with Crippen LogP contribution in [0.25, 0.3) is 11.3 Å². The molecule has 1 aromatic heterocycles. The zero-order chi connectivity index (χ0) is 13.0. The average molecular weight is 241 g/mol. The quantitative estimate of drug-likeness (QED) is 0.775. The molecule has 0 amide bonds. The predicted octanol–water partition coefficient (Wildman–Crippen LogP) is 2.99. The molecule has 2 rings (SSSR count). The molecular formula is C14H11NO3. The van der Waals surface area contributed by atoms with Gasteiger partial charge in [0.15, 0.2) is 0 Å². The van der Waals surface area contributed by atoms with E-state index in [1.807, 2.05) is 6.07 Å². The van der Waals surface area contributed by atoms with Crippen LogP contribution >= 0.6 is 0 Å². The Balaban J connectivity index is 2.36. The number of benzene rings is 1. The average Bonchev–Trinajstić information content (AvgIpc) is 2.88. The van der Waals surface area contributed by atoms with Gasteiger partial charge >= 0.3 is 5.97 Å². The van der Waals surface area contributed by atoms with Gasteiger partial charge in [-0.2, -0.15) is 5.26 Å². The van der Waals surface area contributed by atoms with Gasteiger partial charge in [0, 0.05) is 5.56 Å². The molecule has 0 aliphatic rings. The minimum Gasteiger partial charge on any atom is -0.463 e. The van der Waals surface area contributed by atoms with Crippen molar-refractivity contribution in [2.24, 2.45) is 0 Å². The van der Waals surface area contributed by atoms with Gasteiger partial charge in [-0.05, 0) is 37.3 Å². The Morgan fingerprint density at radius 1 is 1.33 bits per heavy atom. The second-order valence-electron chi connectivity index (χ2n) is 3.57. The first-order valence-corrected chi connectivity index (χ1v) is 5.51. The molecule has 0 aliphatic carbocycles. The van der Waals surface area contributed by atoms with E-state index in [0.717, 1.165) is 5.56 Å². The molecule has 0 fully saturated rings. The first-order chi connectivity index (χ1) is 8.76. The highest BCUT2D eigenvalue weighted by Gasteiger charge is 2.16. The fraction of sp³-hybridized carbons (Fsp3) is 0.143. The van der Waals surface area contributed by atoms with Crippen molar-refractivity contribution in [1.82, 2.24) is 0 Å². The Bertz CT molecular complexity index is 590. The molecule has 4 nitrogen and oxygen atoms in total. The molecule has 2 aromatic rings. The number of hydrogen-bond donors (Lipinski definition) is 0. The maximum absolute atomic E-state index is 11.7. The largest absolute Gasteiger partial charge is 0.463 e. The van der Waals surface area contributed by atoms with Crippen LogP contribution in [0.15, 0.2) is 41.0 Å². The van der Waals surface area contributed by atoms with E-state index in [4.69, 9.17) is 14.4 Å². The van der Waals surface area contributed by atoms with E-state index in [-0.39, 0.29) is 0 Å². The molecule has 4 heteroatoms. The number of carbonyl (C=O) groups is 1. The highest BCUT2D eigenvalue weighted by Crippen LogP contribution is 2.25. The normalized spacial score (nSPS) is 9.78. The molecule has 0 spiro atoms. The summed E-state index contributed by atoms with van der Waals surface area (Å²) in [6.45, 7) is 2.07. The molecule has 90 valence electrons. The van der Waals surface area contributed by atoms with Crippen LogP contribution in [-0.4, -0.2) is 12.6 Å². The maximum Gasteiger partial charge on any atom is 0.342 e. The topological polar surface area (TPSA) is 63.2 Å². The summed E-state index contributed by atoms with van der Waals surface area (Å²) in [4.78, 5) is 11.7. The minimum absolute atomic E-state index is 0.316. The van der Waals surface area contributed by atoms with Gasteiger partial charge in [0.2, 0.25) is 0 Å². The third kappa shape index (κ3) is 2.25. The summed E-state index contributed by atoms with van der Waals surface area (Å²) >= 11 is 0. The summed E-state index contributed by atoms with van der Waals surface area (Å²) in [5.41, 5.74) is 1.69. The molecule has 1 heterocycles. The van der Waals surface area contributed by atoms with Gasteiger partial charge in [-0.15, -0.1) is 0 Å². The molecule has 0 N–H and O–H groups in total. The Kier molecular flexibility index (Phi) is 3.44. The lowest BCUT2D eigenvalue weighted by Gasteiger charge is -2.02. The summed E-state index contributed by atoms with van der Waals surface area (Å²) in [6, 6.07) is 10.4. The molecule has 0 aliphatic heterocycles. The van der Waals surface area contributed by atoms with Gasteiger partial charge in [-0.25, -0.2) is 4.79 Å². The second-order valence-corrected chi connectivity index (χ2v) is 3.57. The van der Waals surface area contributed by atoms with Crippen LogP contribution in [0.2, 0.25) is 0 Å². The van der Waals surface area contributed by atoms with Crippen molar-refractivity contribution < 1.29 is 13.9 Å². The Labute approximate surface area is 104 Å². The van der Waals surface area contributed by atoms with Crippen LogP contribution in [0.5, 0.6) is 0 Å². The van der Waals surface area contributed by atoms with Crippen molar-refractivity contribution in [3.8, 4) is 17.4 Å². The summed E-state index contributed by atoms with van der Waals surface area (Å²) in [5, 5.41) is 8.72. The SMILES string of the molecule is CCOC(=O)c1ccoc1-c1ccc(C#N)cc1. The molecule has 18 heavy (non-hydrogen) atoms. The second kappa shape index (κ2) is 5.19. The molecule has 0 saturated carbocycles. The van der Waals surface area contributed by atoms with Gasteiger partial charge in [0.25, 0.3) is 0 Å². The number of hydrogen-bond acceptors (Lipinski definition) is 4. The van der Waals surface area contributed by atoms with Crippen molar-refractivity contribution in [2.75, 3.05) is 6.61 Å². The van der Waals surface area contributed by atoms with E-state index in [2.05, 4.69) is 0 Å². The van der Waals surface area contributed by atoms with Crippen LogP contribution in [0, 0.1) is 11.3 Å². The fourth-order valence-corrected chi connectivity index (χ4v) is 1.60. The van der Waals surface area contributed by atoms with E-state index in [1.165, 1.54) is 6.26 Å². The van der Waals surface area contributed by atoms with E-state index < -0.39 is 5.97 Å². The number of esters is 1. The predicted molar refractivity (Wildman–Crippen MR) is 64.8 cm³/mol. The van der Waals surface area contributed by atoms with Gasteiger partial charge in [0.1, 0.15) is 11.3 Å². The van der Waals surface area contributed by atoms with Crippen molar-refractivity contribution in [3.05, 3.63) is 47.7 Å². The molecule has 0 atom stereocenters. The summed E-state index contributed by atoms with van der Waals surface area (Å²) in [5.74, 6) is 0.0450. The zero-order valence-corrected chi connectivity index (χ0v) is 9.84. The van der Waals surface area contributed by atoms with Gasteiger partial charge < -0.3 is 9.15 Å². The van der Waals surface area contributed by atoms with E-state index in [9.17, 15) is 4.79 Å². The lowest BCUT2D eigenvalue weighted by Crippen LogP contribution is -2.04. The molecular weight excluding hydrogens is 230 g/mol. The standard InChI is InChI=1S/C14H11NO3/c1-2-17-14(16)12-7-8-18-13(12)11-5-3-10(9-15)4-6-11/h3-8H,2H2,1H3. The van der Waals surface area contributed by atoms with Crippen LogP contribution < -0.4 is 0 Å². The lowest BCUT2D eigenvalue weighted by atomic mass is 10.1. The molecule has 0 saturated heterocycles. The first-order valence-electron chi connectivity index (χ1n) is 5.51. The Morgan fingerprint density at radius 3 is 2.67 bits per heavy atom. The Morgan fingerprint density at radius 2 is 2.06 bits per heavy atom. The third-order valence-electron chi connectivity index (χ3n) is 2.44. The lowest BCUT2D eigenvalue weighted by molar-refractivity contribution is 0.0527. The van der Waals surface area contributed by atoms with Crippen molar-refractivity contribution in [1.29, 1.82) is 5.26 Å². The maximum atomic E-state index is 11.7. The molecule has 0 bridgehead atoms. The van der Waals surface area contributed by atoms with Gasteiger partial charge in [-0.1, -0.05) is 0 Å². The zero-order valence-electron chi connectivity index (χ0n) is 9.84. The van der Waals surface area contributed by atoms with E-state index in [1.54, 1.807) is 37.3 Å². The molecule has 0 radical (unpaired) electrons. The highest BCUT2D eigenvalue weighted by atomic mass is 16.5. The summed E-state index contributed by atoms with van der Waals surface area (Å²) in [7, 11) is 0. The number of nitrogens with zero attached hydrogens (tertiary/aromatic N) is 1. The first kappa shape index (κ1) is 11.9. The fourth-order valence-electron chi connectivity index (χ4n) is 1.60. The van der Waals surface area contributed by atoms with Crippen molar-refractivity contribution in [2.45, 2.75) is 6.92 Å². The van der Waals surface area contributed by atoms with E-state index in [0.29, 0.717) is 23.5 Å². The monoisotopic (exact) mass is 241 g/mol. The van der Waals surface area contributed by atoms with Gasteiger partial charge in [0.05, 0.1) is 24.5 Å². The number of furan rings is 1. The summed E-state index contributed by atoms with van der Waals surface area (Å²) in [6.07, 6.45) is 1.44.